The van der Waals surface area contributed by atoms with Crippen LogP contribution in [0.15, 0.2) is 36.7 Å². The van der Waals surface area contributed by atoms with Gasteiger partial charge in [-0.1, -0.05) is 26.0 Å². The van der Waals surface area contributed by atoms with Gasteiger partial charge in [0.25, 0.3) is 0 Å². The van der Waals surface area contributed by atoms with Crippen LogP contribution in [0, 0.1) is 0 Å². The van der Waals surface area contributed by atoms with Gasteiger partial charge in [0.05, 0.1) is 18.9 Å². The van der Waals surface area contributed by atoms with Crippen LogP contribution in [0.25, 0.3) is 0 Å². The Hall–Kier alpha value is -3.36. The number of amides is 3. The zero-order valence-electron chi connectivity index (χ0n) is 19.8. The highest BCUT2D eigenvalue weighted by Crippen LogP contribution is 2.24. The highest BCUT2D eigenvalue weighted by atomic mass is 16.5. The third-order valence-electron chi connectivity index (χ3n) is 6.14. The number of rotatable bonds is 7. The van der Waals surface area contributed by atoms with Crippen LogP contribution < -0.4 is 14.5 Å². The summed E-state index contributed by atoms with van der Waals surface area (Å²) in [5.41, 5.74) is 2.11. The van der Waals surface area contributed by atoms with Crippen LogP contribution >= 0.6 is 0 Å². The van der Waals surface area contributed by atoms with E-state index in [1.807, 2.05) is 31.1 Å². The molecule has 9 heteroatoms. The average molecular weight is 453 g/mol. The maximum absolute atomic E-state index is 12.9. The first-order valence-corrected chi connectivity index (χ1v) is 11.4. The van der Waals surface area contributed by atoms with E-state index in [-0.39, 0.29) is 24.6 Å². The van der Waals surface area contributed by atoms with Crippen LogP contribution in [0.5, 0.6) is 5.88 Å². The Morgan fingerprint density at radius 3 is 2.61 bits per heavy atom. The molecule has 0 saturated carbocycles. The van der Waals surface area contributed by atoms with E-state index in [1.165, 1.54) is 5.56 Å². The fourth-order valence-electron chi connectivity index (χ4n) is 4.10. The summed E-state index contributed by atoms with van der Waals surface area (Å²) < 4.78 is 5.96. The van der Waals surface area contributed by atoms with Gasteiger partial charge in [-0.25, -0.2) is 4.79 Å². The lowest BCUT2D eigenvalue weighted by Gasteiger charge is -2.22. The summed E-state index contributed by atoms with van der Waals surface area (Å²) in [5.74, 6) is 1.56. The quantitative estimate of drug-likeness (QED) is 0.642. The van der Waals surface area contributed by atoms with Crippen molar-refractivity contribution in [2.75, 3.05) is 56.6 Å². The lowest BCUT2D eigenvalue weighted by atomic mass is 10.0. The monoisotopic (exact) mass is 452 g/mol. The molecule has 0 spiro atoms. The van der Waals surface area contributed by atoms with E-state index >= 15 is 0 Å². The van der Waals surface area contributed by atoms with Crippen LogP contribution in [-0.2, 0) is 4.79 Å². The zero-order chi connectivity index (χ0) is 23.5. The van der Waals surface area contributed by atoms with Crippen molar-refractivity contribution in [2.24, 2.45) is 0 Å². The Bertz CT molecular complexity index is 994. The number of nitrogens with zero attached hydrogens (tertiary/aromatic N) is 6. The number of urea groups is 1. The van der Waals surface area contributed by atoms with Gasteiger partial charge in [0, 0.05) is 45.8 Å². The maximum atomic E-state index is 12.9. The van der Waals surface area contributed by atoms with Gasteiger partial charge < -0.3 is 19.4 Å². The van der Waals surface area contributed by atoms with E-state index in [1.54, 1.807) is 27.1 Å². The second-order valence-electron chi connectivity index (χ2n) is 9.08. The van der Waals surface area contributed by atoms with Gasteiger partial charge in [-0.05, 0) is 23.6 Å². The number of hydrogen-bond acceptors (Lipinski definition) is 6. The van der Waals surface area contributed by atoms with Gasteiger partial charge >= 0.3 is 6.03 Å². The predicted octanol–water partition coefficient (Wildman–Crippen LogP) is 2.59. The molecule has 3 heterocycles. The van der Waals surface area contributed by atoms with Crippen molar-refractivity contribution in [2.45, 2.75) is 32.3 Å². The van der Waals surface area contributed by atoms with Crippen LogP contribution in [0.4, 0.5) is 16.3 Å². The minimum absolute atomic E-state index is 0.0559. The van der Waals surface area contributed by atoms with E-state index in [4.69, 9.17) is 4.74 Å². The summed E-state index contributed by atoms with van der Waals surface area (Å²) in [6.45, 7) is 6.58. The Morgan fingerprint density at radius 1 is 1.15 bits per heavy atom. The molecule has 2 aliphatic rings. The van der Waals surface area contributed by atoms with Crippen LogP contribution in [0.3, 0.4) is 0 Å². The second-order valence-corrected chi connectivity index (χ2v) is 9.08. The number of benzene rings is 1. The molecule has 0 radical (unpaired) electrons. The zero-order valence-corrected chi connectivity index (χ0v) is 19.8. The number of aromatic nitrogens is 2. The molecule has 2 aliphatic heterocycles. The molecule has 2 saturated heterocycles. The van der Waals surface area contributed by atoms with Crippen LogP contribution in [0.1, 0.15) is 31.7 Å². The molecule has 2 aromatic rings. The Labute approximate surface area is 195 Å². The molecule has 1 unspecified atom stereocenters. The molecule has 1 atom stereocenters. The molecule has 1 aromatic heterocycles. The van der Waals surface area contributed by atoms with Crippen molar-refractivity contribution in [3.05, 3.63) is 42.2 Å². The van der Waals surface area contributed by atoms with Crippen LogP contribution in [-0.4, -0.2) is 84.6 Å². The molecule has 4 rings (SSSR count). The summed E-state index contributed by atoms with van der Waals surface area (Å²) in [4.78, 5) is 41.4. The number of carbonyl (C=O) groups is 2. The number of carbonyl (C=O) groups excluding carboxylic acids is 2. The molecule has 0 N–H and O–H groups in total. The molecular weight excluding hydrogens is 420 g/mol. The van der Waals surface area contributed by atoms with E-state index in [0.29, 0.717) is 38.0 Å². The van der Waals surface area contributed by atoms with E-state index in [0.717, 1.165) is 17.9 Å². The number of likely N-dealkylation sites (tertiary alicyclic amines) is 1. The fourth-order valence-corrected chi connectivity index (χ4v) is 4.10. The summed E-state index contributed by atoms with van der Waals surface area (Å²) in [6.07, 6.45) is 3.85. The van der Waals surface area contributed by atoms with Crippen molar-refractivity contribution in [1.82, 2.24) is 19.8 Å². The highest BCUT2D eigenvalue weighted by Gasteiger charge is 2.34. The van der Waals surface area contributed by atoms with Gasteiger partial charge in [0.2, 0.25) is 11.8 Å². The van der Waals surface area contributed by atoms with Gasteiger partial charge in [-0.2, -0.15) is 4.98 Å². The normalized spacial score (nSPS) is 18.4. The second kappa shape index (κ2) is 9.64. The Kier molecular flexibility index (Phi) is 6.67. The first-order chi connectivity index (χ1) is 15.8. The first kappa shape index (κ1) is 22.8. The van der Waals surface area contributed by atoms with E-state index < -0.39 is 0 Å². The summed E-state index contributed by atoms with van der Waals surface area (Å²) >= 11 is 0. The molecule has 2 fully saturated rings. The topological polar surface area (TPSA) is 82.1 Å². The van der Waals surface area contributed by atoms with Crippen molar-refractivity contribution >= 4 is 23.4 Å². The lowest BCUT2D eigenvalue weighted by molar-refractivity contribution is -0.130. The largest absolute Gasteiger partial charge is 0.471 e. The van der Waals surface area contributed by atoms with Crippen molar-refractivity contribution in [1.29, 1.82) is 0 Å². The average Bonchev–Trinajstić information content (AvgIpc) is 3.41. The third kappa shape index (κ3) is 5.18. The van der Waals surface area contributed by atoms with Gasteiger partial charge in [-0.3, -0.25) is 14.7 Å². The highest BCUT2D eigenvalue weighted by molar-refractivity contribution is 5.96. The smallest absolute Gasteiger partial charge is 0.325 e. The predicted molar refractivity (Wildman–Crippen MR) is 127 cm³/mol. The SMILES string of the molecule is CC(C)c1ccc(N2CCN(CC(=O)N3CCC(Oc4cncc(N(C)C)n4)C3)C2=O)cc1. The molecule has 0 bridgehead atoms. The van der Waals surface area contributed by atoms with Gasteiger partial charge in [-0.15, -0.1) is 0 Å². The van der Waals surface area contributed by atoms with Crippen molar-refractivity contribution in [3.8, 4) is 5.88 Å². The molecule has 3 amide bonds. The molecular formula is C24H32N6O3. The standard InChI is InChI=1S/C24H32N6O3/c1-17(2)18-5-7-19(8-6-18)30-12-11-29(24(30)32)16-23(31)28-10-9-20(15-28)33-22-14-25-13-21(26-22)27(3)4/h5-8,13-14,17,20H,9-12,15-16H2,1-4H3. The first-order valence-electron chi connectivity index (χ1n) is 11.4. The van der Waals surface area contributed by atoms with E-state index in [2.05, 4.69) is 35.9 Å². The summed E-state index contributed by atoms with van der Waals surface area (Å²) in [6, 6.07) is 7.96. The Morgan fingerprint density at radius 2 is 1.91 bits per heavy atom. The van der Waals surface area contributed by atoms with E-state index in [9.17, 15) is 9.59 Å². The fraction of sp³-hybridized carbons (Fsp3) is 0.500. The molecule has 0 aliphatic carbocycles. The number of ether oxygens (including phenoxy) is 1. The van der Waals surface area contributed by atoms with Crippen molar-refractivity contribution < 1.29 is 14.3 Å². The maximum Gasteiger partial charge on any atom is 0.325 e. The minimum atomic E-state index is -0.133. The molecule has 33 heavy (non-hydrogen) atoms. The lowest BCUT2D eigenvalue weighted by Crippen LogP contribution is -2.42. The third-order valence-corrected chi connectivity index (χ3v) is 6.14. The molecule has 9 nitrogen and oxygen atoms in total. The van der Waals surface area contributed by atoms with Crippen LogP contribution in [0.2, 0.25) is 0 Å². The number of anilines is 2. The number of hydrogen-bond donors (Lipinski definition) is 0. The summed E-state index contributed by atoms with van der Waals surface area (Å²) in [5, 5.41) is 0. The minimum Gasteiger partial charge on any atom is -0.471 e. The van der Waals surface area contributed by atoms with Gasteiger partial charge in [0.1, 0.15) is 12.6 Å². The van der Waals surface area contributed by atoms with Crippen molar-refractivity contribution in [3.63, 3.8) is 0 Å². The Balaban J connectivity index is 1.30. The summed E-state index contributed by atoms with van der Waals surface area (Å²) in [7, 11) is 3.79. The van der Waals surface area contributed by atoms with Gasteiger partial charge in [0.15, 0.2) is 5.82 Å². The molecule has 176 valence electrons. The molecule has 1 aromatic carbocycles.